The van der Waals surface area contributed by atoms with Gasteiger partial charge in [0.1, 0.15) is 5.82 Å². The molecule has 4 heteroatoms. The molecular formula is C17H23FN2O. The Morgan fingerprint density at radius 1 is 1.33 bits per heavy atom. The summed E-state index contributed by atoms with van der Waals surface area (Å²) >= 11 is 0. The zero-order valence-corrected chi connectivity index (χ0v) is 12.5. The van der Waals surface area contributed by atoms with Gasteiger partial charge >= 0.3 is 0 Å². The third-order valence-corrected chi connectivity index (χ3v) is 4.45. The lowest BCUT2D eigenvalue weighted by Crippen LogP contribution is -2.53. The van der Waals surface area contributed by atoms with Crippen LogP contribution in [0.25, 0.3) is 0 Å². The van der Waals surface area contributed by atoms with E-state index in [9.17, 15) is 9.18 Å². The van der Waals surface area contributed by atoms with Crippen molar-refractivity contribution in [2.75, 3.05) is 11.4 Å². The molecule has 1 aromatic carbocycles. The zero-order valence-electron chi connectivity index (χ0n) is 12.5. The maximum Gasteiger partial charge on any atom is 0.244 e. The molecule has 114 valence electrons. The Balaban J connectivity index is 1.66. The lowest BCUT2D eigenvalue weighted by molar-refractivity contribution is -0.122. The second kappa shape index (κ2) is 6.14. The summed E-state index contributed by atoms with van der Waals surface area (Å²) < 4.78 is 13.9. The van der Waals surface area contributed by atoms with Crippen LogP contribution in [0.2, 0.25) is 0 Å². The second-order valence-corrected chi connectivity index (χ2v) is 6.38. The van der Waals surface area contributed by atoms with E-state index < -0.39 is 0 Å². The minimum atomic E-state index is -0.322. The molecule has 1 aliphatic heterocycles. The number of piperidine rings is 1. The number of hydrogen-bond donors (Lipinski definition) is 1. The third kappa shape index (κ3) is 3.43. The summed E-state index contributed by atoms with van der Waals surface area (Å²) in [5.41, 5.74) is 0.406. The van der Waals surface area contributed by atoms with Crippen molar-refractivity contribution < 1.29 is 9.18 Å². The Labute approximate surface area is 125 Å². The molecule has 1 amide bonds. The van der Waals surface area contributed by atoms with E-state index in [1.807, 2.05) is 0 Å². The smallest absolute Gasteiger partial charge is 0.244 e. The van der Waals surface area contributed by atoms with Gasteiger partial charge in [0.15, 0.2) is 0 Å². The molecule has 1 saturated carbocycles. The summed E-state index contributed by atoms with van der Waals surface area (Å²) in [5.74, 6) is 0.528. The lowest BCUT2D eigenvalue weighted by atomic mass is 10.0. The van der Waals surface area contributed by atoms with E-state index in [0.717, 1.165) is 25.2 Å². The third-order valence-electron chi connectivity index (χ3n) is 4.45. The number of amides is 1. The van der Waals surface area contributed by atoms with Gasteiger partial charge in [-0.1, -0.05) is 25.0 Å². The molecule has 3 rings (SSSR count). The maximum atomic E-state index is 13.9. The minimum Gasteiger partial charge on any atom is -0.308 e. The largest absolute Gasteiger partial charge is 0.308 e. The molecule has 0 radical (unpaired) electrons. The topological polar surface area (TPSA) is 32.3 Å². The van der Waals surface area contributed by atoms with Gasteiger partial charge in [0.25, 0.3) is 0 Å². The fourth-order valence-electron chi connectivity index (χ4n) is 3.20. The Morgan fingerprint density at radius 2 is 2.10 bits per heavy atom. The van der Waals surface area contributed by atoms with Gasteiger partial charge in [0.2, 0.25) is 5.91 Å². The summed E-state index contributed by atoms with van der Waals surface area (Å²) in [6, 6.07) is 6.71. The van der Waals surface area contributed by atoms with E-state index >= 15 is 0 Å². The number of carbonyl (C=O) groups excluding carboxylic acids is 1. The molecule has 0 bridgehead atoms. The Hall–Kier alpha value is -1.42. The molecule has 2 aliphatic rings. The van der Waals surface area contributed by atoms with Crippen LogP contribution in [0.3, 0.4) is 0 Å². The fourth-order valence-corrected chi connectivity index (χ4v) is 3.20. The highest BCUT2D eigenvalue weighted by Gasteiger charge is 2.32. The van der Waals surface area contributed by atoms with Crippen LogP contribution in [-0.4, -0.2) is 24.5 Å². The van der Waals surface area contributed by atoms with Crippen molar-refractivity contribution in [3.63, 3.8) is 0 Å². The van der Waals surface area contributed by atoms with E-state index in [1.54, 1.807) is 23.1 Å². The van der Waals surface area contributed by atoms with Crippen molar-refractivity contribution >= 4 is 11.6 Å². The van der Waals surface area contributed by atoms with Crippen LogP contribution in [0.5, 0.6) is 0 Å². The number of halogens is 1. The summed E-state index contributed by atoms with van der Waals surface area (Å²) in [6.45, 7) is 2.75. The number of nitrogens with one attached hydrogen (secondary N) is 1. The first-order chi connectivity index (χ1) is 10.1. The standard InChI is InChI=1S/C17H23FN2O/c1-12(11-13-8-9-13)19-15-6-4-10-20(17(15)21)16-7-3-2-5-14(16)18/h2-3,5,7,12-13,15,19H,4,6,8-11H2,1H3/t12-,15-/m0/s1. The molecule has 1 saturated heterocycles. The predicted octanol–water partition coefficient (Wildman–Crippen LogP) is 3.10. The second-order valence-electron chi connectivity index (χ2n) is 6.38. The lowest BCUT2D eigenvalue weighted by Gasteiger charge is -2.34. The molecule has 0 unspecified atom stereocenters. The Morgan fingerprint density at radius 3 is 2.81 bits per heavy atom. The van der Waals surface area contributed by atoms with E-state index in [2.05, 4.69) is 12.2 Å². The van der Waals surface area contributed by atoms with Gasteiger partial charge in [0.05, 0.1) is 11.7 Å². The first-order valence-electron chi connectivity index (χ1n) is 7.97. The molecule has 1 aromatic rings. The molecule has 3 nitrogen and oxygen atoms in total. The average Bonchev–Trinajstić information content (AvgIpc) is 3.26. The van der Waals surface area contributed by atoms with Gasteiger partial charge in [-0.3, -0.25) is 4.79 Å². The monoisotopic (exact) mass is 290 g/mol. The Bertz CT molecular complexity index is 515. The van der Waals surface area contributed by atoms with Crippen molar-refractivity contribution in [1.82, 2.24) is 5.32 Å². The number of anilines is 1. The van der Waals surface area contributed by atoms with Crippen molar-refractivity contribution in [3.8, 4) is 0 Å². The van der Waals surface area contributed by atoms with Crippen LogP contribution in [0.4, 0.5) is 10.1 Å². The summed E-state index contributed by atoms with van der Waals surface area (Å²) in [7, 11) is 0. The number of nitrogens with zero attached hydrogens (tertiary/aromatic N) is 1. The molecule has 1 N–H and O–H groups in total. The number of para-hydroxylation sites is 1. The van der Waals surface area contributed by atoms with Gasteiger partial charge in [0, 0.05) is 12.6 Å². The number of carbonyl (C=O) groups is 1. The van der Waals surface area contributed by atoms with Crippen molar-refractivity contribution in [2.24, 2.45) is 5.92 Å². The molecule has 21 heavy (non-hydrogen) atoms. The van der Waals surface area contributed by atoms with Crippen LogP contribution in [0, 0.1) is 11.7 Å². The molecule has 1 heterocycles. The predicted molar refractivity (Wildman–Crippen MR) is 81.7 cm³/mol. The quantitative estimate of drug-likeness (QED) is 0.903. The van der Waals surface area contributed by atoms with Gasteiger partial charge in [-0.2, -0.15) is 0 Å². The fraction of sp³-hybridized carbons (Fsp3) is 0.588. The molecular weight excluding hydrogens is 267 g/mol. The molecule has 1 aliphatic carbocycles. The number of benzene rings is 1. The van der Waals surface area contributed by atoms with E-state index in [0.29, 0.717) is 18.3 Å². The molecule has 2 atom stereocenters. The Kier molecular flexibility index (Phi) is 4.24. The summed E-state index contributed by atoms with van der Waals surface area (Å²) in [4.78, 5) is 14.2. The number of hydrogen-bond acceptors (Lipinski definition) is 2. The van der Waals surface area contributed by atoms with Gasteiger partial charge in [-0.05, 0) is 44.2 Å². The summed E-state index contributed by atoms with van der Waals surface area (Å²) in [5, 5.41) is 3.45. The summed E-state index contributed by atoms with van der Waals surface area (Å²) in [6.07, 6.45) is 5.55. The van der Waals surface area contributed by atoms with Crippen molar-refractivity contribution in [3.05, 3.63) is 30.1 Å². The van der Waals surface area contributed by atoms with Crippen LogP contribution >= 0.6 is 0 Å². The van der Waals surface area contributed by atoms with Crippen LogP contribution < -0.4 is 10.2 Å². The van der Waals surface area contributed by atoms with Gasteiger partial charge < -0.3 is 10.2 Å². The first kappa shape index (κ1) is 14.5. The van der Waals surface area contributed by atoms with E-state index in [-0.39, 0.29) is 17.8 Å². The molecule has 0 spiro atoms. The normalized spacial score (nSPS) is 24.2. The minimum absolute atomic E-state index is 0.00833. The average molecular weight is 290 g/mol. The van der Waals surface area contributed by atoms with Gasteiger partial charge in [-0.25, -0.2) is 4.39 Å². The van der Waals surface area contributed by atoms with Crippen LogP contribution in [0.1, 0.15) is 39.0 Å². The number of rotatable bonds is 5. The SMILES string of the molecule is C[C@@H](CC1CC1)N[C@H]1CCCN(c2ccccc2F)C1=O. The van der Waals surface area contributed by atoms with Crippen LogP contribution in [0.15, 0.2) is 24.3 Å². The van der Waals surface area contributed by atoms with Crippen molar-refractivity contribution in [1.29, 1.82) is 0 Å². The maximum absolute atomic E-state index is 13.9. The highest BCUT2D eigenvalue weighted by atomic mass is 19.1. The van der Waals surface area contributed by atoms with E-state index in [1.165, 1.54) is 18.9 Å². The van der Waals surface area contributed by atoms with Crippen LogP contribution in [-0.2, 0) is 4.79 Å². The highest BCUT2D eigenvalue weighted by molar-refractivity contribution is 5.98. The zero-order chi connectivity index (χ0) is 14.8. The first-order valence-corrected chi connectivity index (χ1v) is 7.97. The highest BCUT2D eigenvalue weighted by Crippen LogP contribution is 2.33. The van der Waals surface area contributed by atoms with Gasteiger partial charge in [-0.15, -0.1) is 0 Å². The molecule has 0 aromatic heterocycles. The van der Waals surface area contributed by atoms with E-state index in [4.69, 9.17) is 0 Å². The van der Waals surface area contributed by atoms with Crippen molar-refractivity contribution in [2.45, 2.75) is 51.1 Å². The molecule has 2 fully saturated rings.